The molecule has 2 aliphatic carbocycles. The quantitative estimate of drug-likeness (QED) is 0.338. The van der Waals surface area contributed by atoms with Crippen molar-refractivity contribution in [1.82, 2.24) is 15.5 Å². The first-order valence-corrected chi connectivity index (χ1v) is 9.17. The summed E-state index contributed by atoms with van der Waals surface area (Å²) < 4.78 is 12.9. The Morgan fingerprint density at radius 1 is 1.12 bits per heavy atom. The highest BCUT2D eigenvalue weighted by Gasteiger charge is 2.33. The standard InChI is InChI=1S/C19H29FN4.HI/c1-21-19(22-11-10-15-4-6-17(20)7-5-15)23-12-13-24(18-8-9-18)14-16-2-3-16;/h4-7,16,18H,2-3,8-14H2,1H3,(H2,21,22,23);1H. The third-order valence-electron chi connectivity index (χ3n) is 4.79. The number of guanidine groups is 1. The van der Waals surface area contributed by atoms with Crippen molar-refractivity contribution in [3.8, 4) is 0 Å². The lowest BCUT2D eigenvalue weighted by Gasteiger charge is -2.22. The Morgan fingerprint density at radius 3 is 2.40 bits per heavy atom. The van der Waals surface area contributed by atoms with Gasteiger partial charge in [0.05, 0.1) is 0 Å². The minimum Gasteiger partial charge on any atom is -0.356 e. The van der Waals surface area contributed by atoms with Gasteiger partial charge < -0.3 is 10.6 Å². The van der Waals surface area contributed by atoms with E-state index in [1.807, 2.05) is 12.1 Å². The maximum absolute atomic E-state index is 12.9. The molecular weight excluding hydrogens is 430 g/mol. The zero-order chi connectivity index (χ0) is 16.8. The second-order valence-electron chi connectivity index (χ2n) is 6.97. The van der Waals surface area contributed by atoms with E-state index in [0.29, 0.717) is 0 Å². The van der Waals surface area contributed by atoms with Gasteiger partial charge in [0.15, 0.2) is 5.96 Å². The summed E-state index contributed by atoms with van der Waals surface area (Å²) in [6.45, 7) is 4.10. The van der Waals surface area contributed by atoms with Gasteiger partial charge in [-0.05, 0) is 55.7 Å². The van der Waals surface area contributed by atoms with Gasteiger partial charge in [0.2, 0.25) is 0 Å². The number of aliphatic imine (C=N–C) groups is 1. The molecule has 2 aliphatic rings. The summed E-state index contributed by atoms with van der Waals surface area (Å²) in [5.41, 5.74) is 1.13. The van der Waals surface area contributed by atoms with Crippen LogP contribution in [0.4, 0.5) is 4.39 Å². The summed E-state index contributed by atoms with van der Waals surface area (Å²) >= 11 is 0. The van der Waals surface area contributed by atoms with Crippen molar-refractivity contribution in [1.29, 1.82) is 0 Å². The second kappa shape index (κ2) is 10.3. The Hall–Kier alpha value is -0.890. The van der Waals surface area contributed by atoms with Crippen LogP contribution in [0.2, 0.25) is 0 Å². The maximum Gasteiger partial charge on any atom is 0.191 e. The number of halogens is 2. The van der Waals surface area contributed by atoms with Crippen molar-refractivity contribution < 1.29 is 4.39 Å². The van der Waals surface area contributed by atoms with Gasteiger partial charge in [-0.25, -0.2) is 4.39 Å². The topological polar surface area (TPSA) is 39.7 Å². The largest absolute Gasteiger partial charge is 0.356 e. The molecule has 0 amide bonds. The number of hydrogen-bond acceptors (Lipinski definition) is 2. The molecule has 25 heavy (non-hydrogen) atoms. The van der Waals surface area contributed by atoms with Crippen LogP contribution in [0.25, 0.3) is 0 Å². The number of benzene rings is 1. The lowest BCUT2D eigenvalue weighted by atomic mass is 10.1. The van der Waals surface area contributed by atoms with Crippen LogP contribution in [0.5, 0.6) is 0 Å². The zero-order valence-electron chi connectivity index (χ0n) is 15.0. The van der Waals surface area contributed by atoms with E-state index in [-0.39, 0.29) is 29.8 Å². The average molecular weight is 460 g/mol. The van der Waals surface area contributed by atoms with Gasteiger partial charge in [-0.1, -0.05) is 12.1 Å². The SMILES string of the molecule is CN=C(NCCc1ccc(F)cc1)NCCN(CC1CC1)C1CC1.I. The maximum atomic E-state index is 12.9. The lowest BCUT2D eigenvalue weighted by molar-refractivity contribution is 0.256. The molecule has 4 nitrogen and oxygen atoms in total. The van der Waals surface area contributed by atoms with E-state index < -0.39 is 0 Å². The minimum atomic E-state index is -0.185. The summed E-state index contributed by atoms with van der Waals surface area (Å²) in [7, 11) is 1.80. The van der Waals surface area contributed by atoms with Crippen molar-refractivity contribution in [2.75, 3.05) is 33.2 Å². The average Bonchev–Trinajstić information content (AvgIpc) is 3.47. The van der Waals surface area contributed by atoms with E-state index in [2.05, 4.69) is 20.5 Å². The Bertz CT molecular complexity index is 541. The molecule has 3 rings (SSSR count). The molecule has 0 unspecified atom stereocenters. The third kappa shape index (κ3) is 7.48. The zero-order valence-corrected chi connectivity index (χ0v) is 17.3. The Balaban J connectivity index is 0.00000225. The first kappa shape index (κ1) is 20.4. The summed E-state index contributed by atoms with van der Waals surface area (Å²) in [5.74, 6) is 1.62. The van der Waals surface area contributed by atoms with E-state index >= 15 is 0 Å². The number of rotatable bonds is 9. The molecule has 0 radical (unpaired) electrons. The highest BCUT2D eigenvalue weighted by molar-refractivity contribution is 14.0. The fraction of sp³-hybridized carbons (Fsp3) is 0.632. The lowest BCUT2D eigenvalue weighted by Crippen LogP contribution is -2.43. The van der Waals surface area contributed by atoms with Crippen LogP contribution in [0.3, 0.4) is 0 Å². The number of nitrogens with zero attached hydrogens (tertiary/aromatic N) is 2. The van der Waals surface area contributed by atoms with Crippen molar-refractivity contribution >= 4 is 29.9 Å². The van der Waals surface area contributed by atoms with Crippen LogP contribution in [-0.2, 0) is 6.42 Å². The van der Waals surface area contributed by atoms with Crippen molar-refractivity contribution in [3.63, 3.8) is 0 Å². The number of hydrogen-bond donors (Lipinski definition) is 2. The summed E-state index contributed by atoms with van der Waals surface area (Å²) in [6, 6.07) is 7.52. The van der Waals surface area contributed by atoms with Gasteiger partial charge in [-0.15, -0.1) is 24.0 Å². The van der Waals surface area contributed by atoms with E-state index in [1.165, 1.54) is 44.4 Å². The van der Waals surface area contributed by atoms with Gasteiger partial charge in [-0.2, -0.15) is 0 Å². The van der Waals surface area contributed by atoms with Crippen molar-refractivity contribution in [2.45, 2.75) is 38.1 Å². The summed E-state index contributed by atoms with van der Waals surface area (Å²) in [4.78, 5) is 6.93. The minimum absolute atomic E-state index is 0. The second-order valence-corrected chi connectivity index (χ2v) is 6.97. The summed E-state index contributed by atoms with van der Waals surface area (Å²) in [6.07, 6.45) is 6.44. The molecule has 1 aromatic rings. The molecule has 0 saturated heterocycles. The van der Waals surface area contributed by atoms with Crippen LogP contribution in [0.1, 0.15) is 31.2 Å². The molecule has 1 aromatic carbocycles. The molecule has 0 atom stereocenters. The van der Waals surface area contributed by atoms with Crippen LogP contribution in [0, 0.1) is 11.7 Å². The Labute approximate surface area is 167 Å². The van der Waals surface area contributed by atoms with E-state index in [4.69, 9.17) is 0 Å². The van der Waals surface area contributed by atoms with Crippen LogP contribution in [0.15, 0.2) is 29.3 Å². The Kier molecular flexibility index (Phi) is 8.42. The fourth-order valence-electron chi connectivity index (χ4n) is 3.01. The van der Waals surface area contributed by atoms with Crippen molar-refractivity contribution in [2.24, 2.45) is 10.9 Å². The van der Waals surface area contributed by atoms with Gasteiger partial charge in [0.1, 0.15) is 5.82 Å². The molecule has 140 valence electrons. The summed E-state index contributed by atoms with van der Waals surface area (Å²) in [5, 5.41) is 6.74. The third-order valence-corrected chi connectivity index (χ3v) is 4.79. The molecule has 2 N–H and O–H groups in total. The van der Waals surface area contributed by atoms with Gasteiger partial charge in [0.25, 0.3) is 0 Å². The molecular formula is C19H30FIN4. The predicted molar refractivity (Wildman–Crippen MR) is 112 cm³/mol. The molecule has 0 aliphatic heterocycles. The molecule has 6 heteroatoms. The van der Waals surface area contributed by atoms with Crippen LogP contribution in [-0.4, -0.2) is 50.1 Å². The van der Waals surface area contributed by atoms with E-state index in [9.17, 15) is 4.39 Å². The predicted octanol–water partition coefficient (Wildman–Crippen LogP) is 3.03. The normalized spacial score (nSPS) is 17.3. The monoisotopic (exact) mass is 460 g/mol. The van der Waals surface area contributed by atoms with E-state index in [1.54, 1.807) is 7.05 Å². The fourth-order valence-corrected chi connectivity index (χ4v) is 3.01. The molecule has 0 spiro atoms. The van der Waals surface area contributed by atoms with Gasteiger partial charge >= 0.3 is 0 Å². The van der Waals surface area contributed by atoms with Crippen LogP contribution < -0.4 is 10.6 Å². The molecule has 0 aromatic heterocycles. The number of nitrogens with one attached hydrogen (secondary N) is 2. The van der Waals surface area contributed by atoms with Crippen molar-refractivity contribution in [3.05, 3.63) is 35.6 Å². The van der Waals surface area contributed by atoms with Gasteiger partial charge in [0, 0.05) is 39.3 Å². The molecule has 0 heterocycles. The highest BCUT2D eigenvalue weighted by atomic mass is 127. The van der Waals surface area contributed by atoms with Crippen LogP contribution >= 0.6 is 24.0 Å². The smallest absolute Gasteiger partial charge is 0.191 e. The first-order chi connectivity index (χ1) is 11.7. The first-order valence-electron chi connectivity index (χ1n) is 9.17. The van der Waals surface area contributed by atoms with Gasteiger partial charge in [-0.3, -0.25) is 9.89 Å². The molecule has 2 fully saturated rings. The Morgan fingerprint density at radius 2 is 1.80 bits per heavy atom. The molecule has 0 bridgehead atoms. The molecule has 2 saturated carbocycles. The highest BCUT2D eigenvalue weighted by Crippen LogP contribution is 2.34. The van der Waals surface area contributed by atoms with E-state index in [0.717, 1.165) is 49.5 Å².